The summed E-state index contributed by atoms with van der Waals surface area (Å²) < 4.78 is 1.11. The van der Waals surface area contributed by atoms with E-state index in [0.29, 0.717) is 33.2 Å². The molecule has 2 aliphatic heterocycles. The zero-order valence-electron chi connectivity index (χ0n) is 23.8. The Morgan fingerprint density at radius 3 is 2.49 bits per heavy atom. The Kier molecular flexibility index (Phi) is 7.79. The molecule has 218 valence electrons. The van der Waals surface area contributed by atoms with Crippen molar-refractivity contribution < 1.29 is 14.4 Å². The van der Waals surface area contributed by atoms with Crippen LogP contribution in [-0.2, 0) is 4.79 Å². The van der Waals surface area contributed by atoms with E-state index in [-0.39, 0.29) is 11.7 Å². The van der Waals surface area contributed by atoms with Crippen LogP contribution in [0, 0.1) is 6.92 Å². The number of piperazine rings is 1. The summed E-state index contributed by atoms with van der Waals surface area (Å²) in [5.74, 6) is -1.01. The molecular weight excluding hydrogens is 566 g/mol. The normalized spacial score (nSPS) is 16.8. The highest BCUT2D eigenvalue weighted by Crippen LogP contribution is 2.33. The largest absolute Gasteiger partial charge is 0.369 e. The van der Waals surface area contributed by atoms with E-state index >= 15 is 0 Å². The fourth-order valence-corrected chi connectivity index (χ4v) is 5.31. The number of nitrogens with zero attached hydrogens (tertiary/aromatic N) is 5. The minimum absolute atomic E-state index is 0.198. The monoisotopic (exact) mass is 595 g/mol. The highest BCUT2D eigenvalue weighted by molar-refractivity contribution is 6.31. The molecule has 1 aromatic heterocycles. The van der Waals surface area contributed by atoms with Gasteiger partial charge in [0.05, 0.1) is 22.6 Å². The Hall–Kier alpha value is -4.80. The lowest BCUT2D eigenvalue weighted by Crippen LogP contribution is -2.44. The average Bonchev–Trinajstić information content (AvgIpc) is 3.52. The predicted octanol–water partition coefficient (Wildman–Crippen LogP) is 5.35. The van der Waals surface area contributed by atoms with Gasteiger partial charge in [0, 0.05) is 60.6 Å². The number of aliphatic imine (C=N–C) groups is 1. The molecule has 1 unspecified atom stereocenters. The number of aryl methyl sites for hydroxylation is 1. The van der Waals surface area contributed by atoms with Crippen LogP contribution in [0.5, 0.6) is 0 Å². The van der Waals surface area contributed by atoms with E-state index in [2.05, 4.69) is 49.7 Å². The van der Waals surface area contributed by atoms with Crippen molar-refractivity contribution >= 4 is 58.3 Å². The number of fused-ring (bicyclic) bond motifs is 1. The van der Waals surface area contributed by atoms with Crippen molar-refractivity contribution in [3.63, 3.8) is 0 Å². The number of hydrogen-bond acceptors (Lipinski definition) is 7. The van der Waals surface area contributed by atoms with Crippen molar-refractivity contribution in [3.05, 3.63) is 100 Å². The highest BCUT2D eigenvalue weighted by Gasteiger charge is 2.30. The Balaban J connectivity index is 1.13. The SMILES string of the molecule is Cc1nn(C(=O)Nc2cccc(C(=O)c3ccc4c(c3)NC(=O)C4C=Nc3ccc(N4CCN(C)CC4)cc3)c2)cc1Cl. The van der Waals surface area contributed by atoms with Crippen LogP contribution >= 0.6 is 11.6 Å². The quantitative estimate of drug-likeness (QED) is 0.230. The molecule has 2 N–H and O–H groups in total. The molecule has 0 saturated carbocycles. The molecule has 0 aliphatic carbocycles. The third-order valence-corrected chi connectivity index (χ3v) is 8.08. The number of amides is 2. The van der Waals surface area contributed by atoms with Crippen molar-refractivity contribution in [2.45, 2.75) is 12.8 Å². The molecule has 2 amide bonds. The van der Waals surface area contributed by atoms with Crippen molar-refractivity contribution in [1.82, 2.24) is 14.7 Å². The molecule has 3 aromatic carbocycles. The lowest BCUT2D eigenvalue weighted by molar-refractivity contribution is -0.115. The second kappa shape index (κ2) is 11.8. The first-order chi connectivity index (χ1) is 20.7. The van der Waals surface area contributed by atoms with Crippen LogP contribution in [0.3, 0.4) is 0 Å². The number of aromatic nitrogens is 2. The Morgan fingerprint density at radius 1 is 1.02 bits per heavy atom. The summed E-state index contributed by atoms with van der Waals surface area (Å²) in [6.45, 7) is 5.76. The molecule has 11 heteroatoms. The molecule has 10 nitrogen and oxygen atoms in total. The summed E-state index contributed by atoms with van der Waals surface area (Å²) in [5, 5.41) is 10.1. The maximum absolute atomic E-state index is 13.3. The van der Waals surface area contributed by atoms with Gasteiger partial charge in [-0.15, -0.1) is 0 Å². The van der Waals surface area contributed by atoms with Gasteiger partial charge in [-0.05, 0) is 62.0 Å². The van der Waals surface area contributed by atoms with Gasteiger partial charge in [0.25, 0.3) is 0 Å². The Morgan fingerprint density at radius 2 is 1.77 bits per heavy atom. The number of nitrogens with one attached hydrogen (secondary N) is 2. The number of hydrogen-bond donors (Lipinski definition) is 2. The summed E-state index contributed by atoms with van der Waals surface area (Å²) in [7, 11) is 2.13. The molecule has 6 rings (SSSR count). The van der Waals surface area contributed by atoms with Gasteiger partial charge >= 0.3 is 6.03 Å². The van der Waals surface area contributed by atoms with Gasteiger partial charge in [-0.1, -0.05) is 35.9 Å². The Labute approximate surface area is 254 Å². The molecular formula is C32H30ClN7O3. The van der Waals surface area contributed by atoms with Crippen LogP contribution in [0.1, 0.15) is 33.1 Å². The third-order valence-electron chi connectivity index (χ3n) is 7.70. The zero-order chi connectivity index (χ0) is 30.1. The molecule has 0 spiro atoms. The van der Waals surface area contributed by atoms with Gasteiger partial charge in [-0.3, -0.25) is 14.6 Å². The van der Waals surface area contributed by atoms with Crippen LogP contribution in [0.25, 0.3) is 0 Å². The number of ketones is 1. The zero-order valence-corrected chi connectivity index (χ0v) is 24.5. The fourth-order valence-electron chi connectivity index (χ4n) is 5.18. The molecule has 1 saturated heterocycles. The van der Waals surface area contributed by atoms with Gasteiger partial charge in [0.2, 0.25) is 5.91 Å². The van der Waals surface area contributed by atoms with Crippen LogP contribution in [0.2, 0.25) is 5.02 Å². The number of anilines is 3. The number of benzene rings is 3. The smallest absolute Gasteiger partial charge is 0.346 e. The Bertz CT molecular complexity index is 1720. The summed E-state index contributed by atoms with van der Waals surface area (Å²) >= 11 is 6.00. The van der Waals surface area contributed by atoms with Gasteiger partial charge in [0.15, 0.2) is 5.78 Å². The van der Waals surface area contributed by atoms with E-state index in [1.807, 2.05) is 12.1 Å². The first-order valence-corrected chi connectivity index (χ1v) is 14.3. The maximum Gasteiger partial charge on any atom is 0.346 e. The van der Waals surface area contributed by atoms with E-state index in [4.69, 9.17) is 11.6 Å². The summed E-state index contributed by atoms with van der Waals surface area (Å²) in [6.07, 6.45) is 3.07. The number of carbonyl (C=O) groups excluding carboxylic acids is 3. The van der Waals surface area contributed by atoms with Crippen LogP contribution in [0.4, 0.5) is 27.5 Å². The highest BCUT2D eigenvalue weighted by atomic mass is 35.5. The van der Waals surface area contributed by atoms with E-state index in [9.17, 15) is 14.4 Å². The van der Waals surface area contributed by atoms with E-state index in [1.165, 1.54) is 11.9 Å². The molecule has 1 fully saturated rings. The fraction of sp³-hybridized carbons (Fsp3) is 0.219. The maximum atomic E-state index is 13.3. The molecule has 1 atom stereocenters. The van der Waals surface area contributed by atoms with Crippen molar-refractivity contribution in [3.8, 4) is 0 Å². The lowest BCUT2D eigenvalue weighted by Gasteiger charge is -2.34. The molecule has 2 aliphatic rings. The first kappa shape index (κ1) is 28.3. The first-order valence-electron chi connectivity index (χ1n) is 14.0. The van der Waals surface area contributed by atoms with E-state index < -0.39 is 11.9 Å². The third kappa shape index (κ3) is 6.06. The summed E-state index contributed by atoms with van der Waals surface area (Å²) in [6, 6.07) is 19.3. The molecule has 43 heavy (non-hydrogen) atoms. The van der Waals surface area contributed by atoms with Crippen molar-refractivity contribution in [2.24, 2.45) is 4.99 Å². The van der Waals surface area contributed by atoms with Gasteiger partial charge in [-0.25, -0.2) is 4.79 Å². The number of rotatable bonds is 6. The standard InChI is InChI=1S/C32H30ClN7O3/c1-20-28(33)19-40(37-20)32(43)35-24-5-3-4-21(16-24)30(41)22-6-11-26-27(31(42)36-29(26)17-22)18-34-23-7-9-25(10-8-23)39-14-12-38(2)13-15-39/h3-11,16-19,27H,12-15H2,1-2H3,(H,35,43)(H,36,42). The van der Waals surface area contributed by atoms with Crippen LogP contribution < -0.4 is 15.5 Å². The minimum Gasteiger partial charge on any atom is -0.369 e. The minimum atomic E-state index is -0.561. The lowest BCUT2D eigenvalue weighted by atomic mass is 9.97. The topological polar surface area (TPSA) is 112 Å². The van der Waals surface area contributed by atoms with Gasteiger partial charge in [0.1, 0.15) is 5.92 Å². The van der Waals surface area contributed by atoms with Crippen LogP contribution in [-0.4, -0.2) is 71.8 Å². The second-order valence-corrected chi connectivity index (χ2v) is 11.1. The van der Waals surface area contributed by atoms with E-state index in [0.717, 1.165) is 42.1 Å². The van der Waals surface area contributed by atoms with Crippen molar-refractivity contribution in [2.75, 3.05) is 48.8 Å². The van der Waals surface area contributed by atoms with Crippen molar-refractivity contribution in [1.29, 1.82) is 0 Å². The second-order valence-electron chi connectivity index (χ2n) is 10.7. The number of likely N-dealkylation sites (N-methyl/N-ethyl adjacent to an activating group) is 1. The van der Waals surface area contributed by atoms with Gasteiger partial charge in [-0.2, -0.15) is 9.78 Å². The summed E-state index contributed by atoms with van der Waals surface area (Å²) in [4.78, 5) is 48.0. The van der Waals surface area contributed by atoms with E-state index in [1.54, 1.807) is 55.6 Å². The number of halogens is 1. The molecule has 0 radical (unpaired) electrons. The predicted molar refractivity (Wildman–Crippen MR) is 168 cm³/mol. The average molecular weight is 596 g/mol. The molecule has 0 bridgehead atoms. The summed E-state index contributed by atoms with van der Waals surface area (Å²) in [5.41, 5.74) is 5.03. The number of carbonyl (C=O) groups is 3. The van der Waals surface area contributed by atoms with Crippen LogP contribution in [0.15, 0.2) is 77.9 Å². The molecule has 4 aromatic rings. The van der Waals surface area contributed by atoms with Gasteiger partial charge < -0.3 is 20.4 Å². The molecule has 3 heterocycles.